The van der Waals surface area contributed by atoms with E-state index in [-0.39, 0.29) is 11.9 Å². The lowest BCUT2D eigenvalue weighted by atomic mass is 9.87. The highest BCUT2D eigenvalue weighted by Crippen LogP contribution is 2.27. The lowest BCUT2D eigenvalue weighted by Crippen LogP contribution is -2.57. The van der Waals surface area contributed by atoms with Crippen LogP contribution in [0.4, 0.5) is 4.79 Å². The topological polar surface area (TPSA) is 64.1 Å². The third-order valence-corrected chi connectivity index (χ3v) is 3.02. The number of carbonyl (C=O) groups excluding carboxylic acids is 2. The molecule has 0 atom stereocenters. The Morgan fingerprint density at radius 2 is 1.92 bits per heavy atom. The van der Waals surface area contributed by atoms with Crippen LogP contribution in [0.25, 0.3) is 0 Å². The first kappa shape index (κ1) is 8.65. The van der Waals surface area contributed by atoms with Crippen molar-refractivity contribution < 1.29 is 9.59 Å². The van der Waals surface area contributed by atoms with Gasteiger partial charge in [0.2, 0.25) is 5.54 Å². The first-order chi connectivity index (χ1) is 6.17. The van der Waals surface area contributed by atoms with Crippen LogP contribution in [0.1, 0.15) is 12.8 Å². The van der Waals surface area contributed by atoms with E-state index in [2.05, 4.69) is 10.6 Å². The van der Waals surface area contributed by atoms with Gasteiger partial charge in [0, 0.05) is 25.9 Å². The molecule has 0 unspecified atom stereocenters. The van der Waals surface area contributed by atoms with Crippen LogP contribution in [0.5, 0.6) is 0 Å². The van der Waals surface area contributed by atoms with E-state index in [4.69, 9.17) is 0 Å². The number of rotatable bonds is 0. The highest BCUT2D eigenvalue weighted by atomic mass is 16.2. The van der Waals surface area contributed by atoms with Crippen LogP contribution in [-0.2, 0) is 4.79 Å². The normalized spacial score (nSPS) is 28.1. The Hall–Kier alpha value is -0.940. The fraction of sp³-hybridized carbons (Fsp3) is 0.750. The minimum absolute atomic E-state index is 0.137. The van der Waals surface area contributed by atoms with Gasteiger partial charge in [0.25, 0.3) is 5.91 Å². The summed E-state index contributed by atoms with van der Waals surface area (Å²) < 4.78 is 0. The van der Waals surface area contributed by atoms with Gasteiger partial charge in [-0.05, 0) is 0 Å². The van der Waals surface area contributed by atoms with Crippen molar-refractivity contribution in [2.45, 2.75) is 18.4 Å². The summed E-state index contributed by atoms with van der Waals surface area (Å²) in [5, 5.41) is 5.52. The smallest absolute Gasteiger partial charge is 0.316 e. The fourth-order valence-electron chi connectivity index (χ4n) is 2.05. The minimum Gasteiger partial charge on any atom is -0.316 e. The van der Waals surface area contributed by atoms with Gasteiger partial charge in [-0.25, -0.2) is 10.1 Å². The van der Waals surface area contributed by atoms with Crippen LogP contribution in [0.3, 0.4) is 0 Å². The van der Waals surface area contributed by atoms with Gasteiger partial charge in [0.1, 0.15) is 7.05 Å². The molecule has 2 saturated heterocycles. The van der Waals surface area contributed by atoms with E-state index in [1.54, 1.807) is 7.05 Å². The predicted octanol–water partition coefficient (Wildman–Crippen LogP) is -0.872. The number of likely N-dealkylation sites (N-methyl/N-ethyl adjacent to an activating group) is 1. The number of hydrogen-bond donors (Lipinski definition) is 2. The average Bonchev–Trinajstić information content (AvgIpc) is 2.34. The Labute approximate surface area is 76.5 Å². The maximum absolute atomic E-state index is 11.6. The minimum atomic E-state index is -0.567. The van der Waals surface area contributed by atoms with Gasteiger partial charge in [-0.2, -0.15) is 0 Å². The van der Waals surface area contributed by atoms with E-state index >= 15 is 0 Å². The summed E-state index contributed by atoms with van der Waals surface area (Å²) in [4.78, 5) is 24.3. The molecule has 0 aromatic rings. The molecular formula is C8H13N3O2+. The molecule has 2 fully saturated rings. The monoisotopic (exact) mass is 183 g/mol. The van der Waals surface area contributed by atoms with Crippen molar-refractivity contribution in [3.63, 3.8) is 0 Å². The van der Waals surface area contributed by atoms with E-state index in [0.29, 0.717) is 12.8 Å². The largest absolute Gasteiger partial charge is 0.472 e. The number of nitrogens with zero attached hydrogens (tertiary/aromatic N) is 1. The van der Waals surface area contributed by atoms with Crippen LogP contribution in [0.2, 0.25) is 0 Å². The number of urea groups is 1. The lowest BCUT2D eigenvalue weighted by Gasteiger charge is -2.27. The van der Waals surface area contributed by atoms with Crippen molar-refractivity contribution in [1.82, 2.24) is 15.5 Å². The molecule has 2 rings (SSSR count). The Balaban J connectivity index is 2.28. The maximum atomic E-state index is 11.6. The average molecular weight is 183 g/mol. The molecule has 5 nitrogen and oxygen atoms in total. The van der Waals surface area contributed by atoms with Crippen molar-refractivity contribution >= 4 is 11.9 Å². The van der Waals surface area contributed by atoms with Crippen LogP contribution in [0, 0.1) is 0 Å². The fourth-order valence-corrected chi connectivity index (χ4v) is 2.05. The van der Waals surface area contributed by atoms with Crippen LogP contribution in [-0.4, -0.2) is 37.6 Å². The van der Waals surface area contributed by atoms with Gasteiger partial charge in [0.05, 0.1) is 0 Å². The number of piperidine rings is 1. The third kappa shape index (κ3) is 1.08. The van der Waals surface area contributed by atoms with Crippen molar-refractivity contribution in [2.75, 3.05) is 20.1 Å². The molecule has 0 aliphatic carbocycles. The second kappa shape index (κ2) is 2.78. The summed E-state index contributed by atoms with van der Waals surface area (Å²) >= 11 is 0. The van der Waals surface area contributed by atoms with Gasteiger partial charge in [-0.3, -0.25) is 4.79 Å². The second-order valence-corrected chi connectivity index (χ2v) is 3.60. The van der Waals surface area contributed by atoms with E-state index in [9.17, 15) is 9.59 Å². The van der Waals surface area contributed by atoms with Gasteiger partial charge in [-0.1, -0.05) is 4.90 Å². The van der Waals surface area contributed by atoms with Crippen molar-refractivity contribution in [2.24, 2.45) is 0 Å². The molecule has 0 aromatic heterocycles. The zero-order valence-electron chi connectivity index (χ0n) is 7.59. The Bertz CT molecular complexity index is 258. The maximum Gasteiger partial charge on any atom is 0.472 e. The molecule has 0 aromatic carbocycles. The lowest BCUT2D eigenvalue weighted by molar-refractivity contribution is -0.125. The zero-order valence-corrected chi connectivity index (χ0v) is 7.59. The molecule has 2 aliphatic rings. The molecule has 0 bridgehead atoms. The van der Waals surface area contributed by atoms with Gasteiger partial charge >= 0.3 is 6.03 Å². The molecule has 0 saturated carbocycles. The summed E-state index contributed by atoms with van der Waals surface area (Å²) in [6.07, 6.45) is 1.42. The predicted molar refractivity (Wildman–Crippen MR) is 46.4 cm³/mol. The van der Waals surface area contributed by atoms with Gasteiger partial charge < -0.3 is 5.32 Å². The zero-order chi connectivity index (χ0) is 9.47. The molecule has 2 aliphatic heterocycles. The highest BCUT2D eigenvalue weighted by molar-refractivity contribution is 6.08. The first-order valence-electron chi connectivity index (χ1n) is 4.47. The quantitative estimate of drug-likeness (QED) is 0.379. The van der Waals surface area contributed by atoms with E-state index in [0.717, 1.165) is 13.1 Å². The van der Waals surface area contributed by atoms with E-state index in [1.807, 2.05) is 0 Å². The highest BCUT2D eigenvalue weighted by Gasteiger charge is 2.60. The third-order valence-electron chi connectivity index (χ3n) is 3.02. The van der Waals surface area contributed by atoms with Crippen molar-refractivity contribution in [3.8, 4) is 0 Å². The molecule has 2 heterocycles. The van der Waals surface area contributed by atoms with Gasteiger partial charge in [0.15, 0.2) is 0 Å². The molecule has 1 spiro atoms. The summed E-state index contributed by atoms with van der Waals surface area (Å²) in [6, 6.07) is -0.271. The Morgan fingerprint density at radius 1 is 1.31 bits per heavy atom. The molecule has 1 radical (unpaired) electrons. The Morgan fingerprint density at radius 3 is 2.38 bits per heavy atom. The summed E-state index contributed by atoms with van der Waals surface area (Å²) in [6.45, 7) is 1.59. The number of hydrogen-bond acceptors (Lipinski definition) is 3. The van der Waals surface area contributed by atoms with Crippen molar-refractivity contribution in [1.29, 1.82) is 0 Å². The van der Waals surface area contributed by atoms with Crippen LogP contribution >= 0.6 is 0 Å². The second-order valence-electron chi connectivity index (χ2n) is 3.60. The van der Waals surface area contributed by atoms with Crippen LogP contribution < -0.4 is 15.5 Å². The van der Waals surface area contributed by atoms with Crippen LogP contribution in [0.15, 0.2) is 0 Å². The summed E-state index contributed by atoms with van der Waals surface area (Å²) in [5.41, 5.74) is -0.567. The number of imide groups is 1. The summed E-state index contributed by atoms with van der Waals surface area (Å²) in [7, 11) is 1.69. The van der Waals surface area contributed by atoms with Crippen molar-refractivity contribution in [3.05, 3.63) is 0 Å². The molecule has 2 N–H and O–H groups in total. The van der Waals surface area contributed by atoms with Gasteiger partial charge in [-0.15, -0.1) is 0 Å². The number of nitrogens with one attached hydrogen (secondary N) is 2. The standard InChI is InChI=1S/C8H13N3O2/c1-11-7(13)10-6(12)8(11)2-4-9-5-3-8/h9H,2-5H2,1H3,(H,10,12,13)/q+1. The molecule has 3 amide bonds. The summed E-state index contributed by atoms with van der Waals surface area (Å²) in [5.74, 6) is -0.137. The van der Waals surface area contributed by atoms with E-state index < -0.39 is 5.54 Å². The number of carbonyl (C=O) groups is 2. The molecule has 71 valence electrons. The molecule has 5 heteroatoms. The number of amides is 3. The Kier molecular flexibility index (Phi) is 1.85. The molecular weight excluding hydrogens is 170 g/mol. The SMILES string of the molecule is C[N+]1C(=O)NC(=O)C12CCNCC2. The molecule has 13 heavy (non-hydrogen) atoms. The van der Waals surface area contributed by atoms with E-state index in [1.165, 1.54) is 4.90 Å². The first-order valence-corrected chi connectivity index (χ1v) is 4.47.